The first-order valence-corrected chi connectivity index (χ1v) is 6.93. The maximum absolute atomic E-state index is 11.4. The van der Waals surface area contributed by atoms with E-state index in [4.69, 9.17) is 0 Å². The minimum atomic E-state index is -0.818. The van der Waals surface area contributed by atoms with Crippen molar-refractivity contribution in [2.75, 3.05) is 20.1 Å². The number of carbonyl (C=O) groups is 1. The monoisotopic (exact) mass is 258 g/mol. The van der Waals surface area contributed by atoms with Crippen molar-refractivity contribution in [1.29, 1.82) is 0 Å². The van der Waals surface area contributed by atoms with E-state index in [-0.39, 0.29) is 0 Å². The first kappa shape index (κ1) is 17.4. The summed E-state index contributed by atoms with van der Waals surface area (Å²) in [6.45, 7) is 11.9. The molecule has 0 fully saturated rings. The first-order chi connectivity index (χ1) is 8.24. The van der Waals surface area contributed by atoms with Gasteiger partial charge in [0.15, 0.2) is 0 Å². The lowest BCUT2D eigenvalue weighted by Crippen LogP contribution is -2.52. The summed E-state index contributed by atoms with van der Waals surface area (Å²) in [5.74, 6) is -0.184. The molecule has 0 aromatic rings. The van der Waals surface area contributed by atoms with E-state index in [1.54, 1.807) is 6.92 Å². The van der Waals surface area contributed by atoms with Gasteiger partial charge in [-0.05, 0) is 46.2 Å². The third-order valence-electron chi connectivity index (χ3n) is 3.86. The van der Waals surface area contributed by atoms with Gasteiger partial charge in [-0.25, -0.2) is 0 Å². The van der Waals surface area contributed by atoms with Gasteiger partial charge in [-0.15, -0.1) is 0 Å². The Balaban J connectivity index is 4.39. The van der Waals surface area contributed by atoms with E-state index in [1.165, 1.54) is 0 Å². The molecular weight excluding hydrogens is 228 g/mol. The largest absolute Gasteiger partial charge is 0.480 e. The summed E-state index contributed by atoms with van der Waals surface area (Å²) in [6.07, 6.45) is 1.57. The first-order valence-electron chi connectivity index (χ1n) is 6.93. The fourth-order valence-electron chi connectivity index (χ4n) is 1.78. The van der Waals surface area contributed by atoms with Crippen LogP contribution in [0, 0.1) is 5.92 Å². The molecular formula is C14H30N2O2. The molecule has 0 spiro atoms. The number of nitrogens with zero attached hydrogens (tertiary/aromatic N) is 1. The highest BCUT2D eigenvalue weighted by Crippen LogP contribution is 2.14. The van der Waals surface area contributed by atoms with Crippen molar-refractivity contribution in [1.82, 2.24) is 10.2 Å². The standard InChI is InChI=1S/C14H30N2O2/c1-7-9-15-14(5,13(17)18)8-10-16(6)12(4)11(2)3/h11-12,15H,7-10H2,1-6H3,(H,17,18). The highest BCUT2D eigenvalue weighted by Gasteiger charge is 2.32. The Bertz CT molecular complexity index is 256. The van der Waals surface area contributed by atoms with Crippen molar-refractivity contribution < 1.29 is 9.90 Å². The summed E-state index contributed by atoms with van der Waals surface area (Å²) in [4.78, 5) is 13.6. The summed E-state index contributed by atoms with van der Waals surface area (Å²) in [7, 11) is 2.06. The summed E-state index contributed by atoms with van der Waals surface area (Å²) >= 11 is 0. The summed E-state index contributed by atoms with van der Waals surface area (Å²) in [6, 6.07) is 0.467. The summed E-state index contributed by atoms with van der Waals surface area (Å²) in [5.41, 5.74) is -0.818. The number of aliphatic carboxylic acids is 1. The van der Waals surface area contributed by atoms with Crippen LogP contribution in [-0.2, 0) is 4.79 Å². The Labute approximate surface area is 112 Å². The molecule has 0 saturated heterocycles. The van der Waals surface area contributed by atoms with Crippen LogP contribution in [0.2, 0.25) is 0 Å². The topological polar surface area (TPSA) is 52.6 Å². The number of rotatable bonds is 9. The van der Waals surface area contributed by atoms with Crippen molar-refractivity contribution in [3.05, 3.63) is 0 Å². The molecule has 2 N–H and O–H groups in total. The van der Waals surface area contributed by atoms with Crippen LogP contribution >= 0.6 is 0 Å². The molecule has 0 aliphatic heterocycles. The maximum atomic E-state index is 11.4. The predicted molar refractivity (Wildman–Crippen MR) is 75.9 cm³/mol. The van der Waals surface area contributed by atoms with Gasteiger partial charge >= 0.3 is 5.97 Å². The second-order valence-electron chi connectivity index (χ2n) is 5.78. The predicted octanol–water partition coefficient (Wildman–Crippen LogP) is 2.20. The van der Waals surface area contributed by atoms with Crippen molar-refractivity contribution in [2.24, 2.45) is 5.92 Å². The number of hydrogen-bond donors (Lipinski definition) is 2. The van der Waals surface area contributed by atoms with Gasteiger partial charge in [-0.2, -0.15) is 0 Å². The molecule has 4 heteroatoms. The molecule has 2 unspecified atom stereocenters. The van der Waals surface area contributed by atoms with E-state index in [0.29, 0.717) is 18.4 Å². The molecule has 18 heavy (non-hydrogen) atoms. The van der Waals surface area contributed by atoms with Gasteiger partial charge in [0.25, 0.3) is 0 Å². The molecule has 0 aliphatic rings. The molecule has 0 aromatic heterocycles. The zero-order valence-corrected chi connectivity index (χ0v) is 12.8. The Morgan fingerprint density at radius 3 is 2.33 bits per heavy atom. The molecule has 0 saturated carbocycles. The average molecular weight is 258 g/mol. The molecule has 0 radical (unpaired) electrons. The third kappa shape index (κ3) is 5.36. The summed E-state index contributed by atoms with van der Waals surface area (Å²) in [5, 5.41) is 12.5. The Morgan fingerprint density at radius 2 is 1.94 bits per heavy atom. The quantitative estimate of drug-likeness (QED) is 0.665. The van der Waals surface area contributed by atoms with Crippen LogP contribution < -0.4 is 5.32 Å². The van der Waals surface area contributed by atoms with E-state index in [2.05, 4.69) is 38.0 Å². The van der Waals surface area contributed by atoms with Crippen molar-refractivity contribution in [3.63, 3.8) is 0 Å². The van der Waals surface area contributed by atoms with Gasteiger partial charge in [0.1, 0.15) is 5.54 Å². The minimum absolute atomic E-state index is 0.467. The smallest absolute Gasteiger partial charge is 0.323 e. The molecule has 0 rings (SSSR count). The van der Waals surface area contributed by atoms with Gasteiger partial charge < -0.3 is 15.3 Å². The molecule has 108 valence electrons. The molecule has 0 heterocycles. The molecule has 0 bridgehead atoms. The molecule has 2 atom stereocenters. The molecule has 0 aromatic carbocycles. The SMILES string of the molecule is CCCNC(C)(CCN(C)C(C)C(C)C)C(=O)O. The maximum Gasteiger partial charge on any atom is 0.323 e. The number of hydrogen-bond acceptors (Lipinski definition) is 3. The van der Waals surface area contributed by atoms with E-state index in [1.807, 2.05) is 6.92 Å². The molecule has 0 amide bonds. The van der Waals surface area contributed by atoms with Crippen LogP contribution in [0.3, 0.4) is 0 Å². The van der Waals surface area contributed by atoms with Gasteiger partial charge in [0, 0.05) is 12.6 Å². The summed E-state index contributed by atoms with van der Waals surface area (Å²) < 4.78 is 0. The lowest BCUT2D eigenvalue weighted by Gasteiger charge is -2.32. The van der Waals surface area contributed by atoms with E-state index in [0.717, 1.165) is 19.5 Å². The Kier molecular flexibility index (Phi) is 7.48. The highest BCUT2D eigenvalue weighted by molar-refractivity contribution is 5.78. The van der Waals surface area contributed by atoms with Crippen LogP contribution in [0.25, 0.3) is 0 Å². The van der Waals surface area contributed by atoms with Crippen LogP contribution in [0.15, 0.2) is 0 Å². The Morgan fingerprint density at radius 1 is 1.39 bits per heavy atom. The van der Waals surface area contributed by atoms with E-state index >= 15 is 0 Å². The van der Waals surface area contributed by atoms with Crippen LogP contribution in [-0.4, -0.2) is 47.7 Å². The number of carboxylic acid groups (broad SMARTS) is 1. The van der Waals surface area contributed by atoms with Crippen LogP contribution in [0.5, 0.6) is 0 Å². The second-order valence-corrected chi connectivity index (χ2v) is 5.78. The van der Waals surface area contributed by atoms with Gasteiger partial charge in [0.2, 0.25) is 0 Å². The third-order valence-corrected chi connectivity index (χ3v) is 3.86. The van der Waals surface area contributed by atoms with E-state index < -0.39 is 11.5 Å². The van der Waals surface area contributed by atoms with Crippen molar-refractivity contribution >= 4 is 5.97 Å². The van der Waals surface area contributed by atoms with Crippen molar-refractivity contribution in [2.45, 2.75) is 59.0 Å². The minimum Gasteiger partial charge on any atom is -0.480 e. The highest BCUT2D eigenvalue weighted by atomic mass is 16.4. The lowest BCUT2D eigenvalue weighted by molar-refractivity contribution is -0.144. The zero-order chi connectivity index (χ0) is 14.3. The molecule has 4 nitrogen and oxygen atoms in total. The lowest BCUT2D eigenvalue weighted by atomic mass is 9.96. The average Bonchev–Trinajstić information content (AvgIpc) is 2.31. The normalized spacial score (nSPS) is 16.9. The van der Waals surface area contributed by atoms with Gasteiger partial charge in [-0.3, -0.25) is 4.79 Å². The Hall–Kier alpha value is -0.610. The van der Waals surface area contributed by atoms with Gasteiger partial charge in [0.05, 0.1) is 0 Å². The van der Waals surface area contributed by atoms with E-state index in [9.17, 15) is 9.90 Å². The second kappa shape index (κ2) is 7.74. The fourth-order valence-corrected chi connectivity index (χ4v) is 1.78. The number of carboxylic acids is 1. The van der Waals surface area contributed by atoms with Gasteiger partial charge in [-0.1, -0.05) is 20.8 Å². The fraction of sp³-hybridized carbons (Fsp3) is 0.929. The number of nitrogens with one attached hydrogen (secondary N) is 1. The van der Waals surface area contributed by atoms with Crippen LogP contribution in [0.1, 0.15) is 47.5 Å². The van der Waals surface area contributed by atoms with Crippen molar-refractivity contribution in [3.8, 4) is 0 Å². The van der Waals surface area contributed by atoms with Crippen LogP contribution in [0.4, 0.5) is 0 Å². The zero-order valence-electron chi connectivity index (χ0n) is 12.8. The molecule has 0 aliphatic carbocycles.